The van der Waals surface area contributed by atoms with Gasteiger partial charge in [0.25, 0.3) is 5.91 Å². The minimum Gasteiger partial charge on any atom is -0.467 e. The van der Waals surface area contributed by atoms with Crippen molar-refractivity contribution >= 4 is 27.8 Å². The monoisotopic (exact) mass is 473 g/mol. The number of nitrogens with zero attached hydrogens (tertiary/aromatic N) is 2. The van der Waals surface area contributed by atoms with Crippen LogP contribution in [0.3, 0.4) is 0 Å². The summed E-state index contributed by atoms with van der Waals surface area (Å²) in [4.78, 5) is 38.2. The third kappa shape index (κ3) is 5.96. The predicted octanol–water partition coefficient (Wildman–Crippen LogP) is 1.05. The maximum atomic E-state index is 13.1. The first-order chi connectivity index (χ1) is 15.7. The van der Waals surface area contributed by atoms with Crippen LogP contribution < -0.4 is 5.32 Å². The number of methoxy groups -OCH3 is 1. The molecule has 1 fully saturated rings. The molecule has 33 heavy (non-hydrogen) atoms. The number of nitrogens with one attached hydrogen (secondary N) is 1. The topological polar surface area (TPSA) is 113 Å². The molecular formula is C23H27N3O6S. The lowest BCUT2D eigenvalue weighted by Crippen LogP contribution is -2.49. The summed E-state index contributed by atoms with van der Waals surface area (Å²) in [6.07, 6.45) is 0.234. The van der Waals surface area contributed by atoms with Crippen molar-refractivity contribution in [3.63, 3.8) is 0 Å². The van der Waals surface area contributed by atoms with E-state index in [1.807, 2.05) is 30.3 Å². The van der Waals surface area contributed by atoms with Crippen LogP contribution in [0.15, 0.2) is 59.5 Å². The first kappa shape index (κ1) is 24.4. The van der Waals surface area contributed by atoms with E-state index in [9.17, 15) is 22.8 Å². The fourth-order valence-electron chi connectivity index (χ4n) is 3.62. The maximum Gasteiger partial charge on any atom is 0.328 e. The molecule has 1 aliphatic rings. The van der Waals surface area contributed by atoms with E-state index < -0.39 is 27.9 Å². The number of amides is 2. The highest BCUT2D eigenvalue weighted by atomic mass is 32.2. The number of carbonyl (C=O) groups excluding carboxylic acids is 3. The van der Waals surface area contributed by atoms with Crippen LogP contribution in [-0.4, -0.2) is 74.7 Å². The molecule has 0 radical (unpaired) electrons. The zero-order valence-corrected chi connectivity index (χ0v) is 19.4. The number of ether oxygens (including phenoxy) is 1. The van der Waals surface area contributed by atoms with Crippen LogP contribution >= 0.6 is 0 Å². The smallest absolute Gasteiger partial charge is 0.328 e. The normalized spacial score (nSPS) is 15.5. The Bertz CT molecular complexity index is 1110. The molecule has 176 valence electrons. The Morgan fingerprint density at radius 1 is 1.00 bits per heavy atom. The summed E-state index contributed by atoms with van der Waals surface area (Å²) < 4.78 is 32.3. The van der Waals surface area contributed by atoms with E-state index in [1.54, 1.807) is 4.90 Å². The SMILES string of the molecule is COC(=O)C(Cc1ccccc1)NC(=O)c1cccc(S(=O)(=O)N2CCN(C(C)=O)CC2)c1. The van der Waals surface area contributed by atoms with Gasteiger partial charge in [-0.2, -0.15) is 4.31 Å². The van der Waals surface area contributed by atoms with Gasteiger partial charge in [-0.3, -0.25) is 9.59 Å². The molecular weight excluding hydrogens is 446 g/mol. The minimum absolute atomic E-state index is 0.0240. The molecule has 0 bridgehead atoms. The zero-order chi connectivity index (χ0) is 24.0. The maximum absolute atomic E-state index is 13.1. The van der Waals surface area contributed by atoms with Crippen molar-refractivity contribution in [1.82, 2.24) is 14.5 Å². The van der Waals surface area contributed by atoms with Crippen LogP contribution in [0.5, 0.6) is 0 Å². The molecule has 0 aromatic heterocycles. The fraction of sp³-hybridized carbons (Fsp3) is 0.348. The first-order valence-electron chi connectivity index (χ1n) is 10.5. The average molecular weight is 474 g/mol. The highest BCUT2D eigenvalue weighted by Crippen LogP contribution is 2.19. The van der Waals surface area contributed by atoms with Crippen molar-refractivity contribution in [2.75, 3.05) is 33.3 Å². The second kappa shape index (κ2) is 10.6. The molecule has 3 rings (SSSR count). The Morgan fingerprint density at radius 3 is 2.27 bits per heavy atom. The molecule has 2 aromatic rings. The van der Waals surface area contributed by atoms with Crippen molar-refractivity contribution in [2.45, 2.75) is 24.3 Å². The van der Waals surface area contributed by atoms with Gasteiger partial charge in [-0.25, -0.2) is 13.2 Å². The number of sulfonamides is 1. The van der Waals surface area contributed by atoms with Gasteiger partial charge in [-0.15, -0.1) is 0 Å². The Kier molecular flexibility index (Phi) is 7.83. The summed E-state index contributed by atoms with van der Waals surface area (Å²) in [5.74, 6) is -1.28. The molecule has 9 nitrogen and oxygen atoms in total. The average Bonchev–Trinajstić information content (AvgIpc) is 2.83. The summed E-state index contributed by atoms with van der Waals surface area (Å²) in [6, 6.07) is 13.9. The van der Waals surface area contributed by atoms with Gasteiger partial charge in [0.05, 0.1) is 12.0 Å². The Labute approximate surface area is 193 Å². The van der Waals surface area contributed by atoms with E-state index in [1.165, 1.54) is 42.6 Å². The second-order valence-electron chi connectivity index (χ2n) is 7.68. The molecule has 1 atom stereocenters. The van der Waals surface area contributed by atoms with Crippen LogP contribution in [-0.2, 0) is 30.8 Å². The second-order valence-corrected chi connectivity index (χ2v) is 9.61. The largest absolute Gasteiger partial charge is 0.467 e. The standard InChI is InChI=1S/C23H27N3O6S/c1-17(27)25-11-13-26(14-12-25)33(30,31)20-10-6-9-19(16-20)22(28)24-21(23(29)32-2)15-18-7-4-3-5-8-18/h3-10,16,21H,11-15H2,1-2H3,(H,24,28). The van der Waals surface area contributed by atoms with E-state index in [0.29, 0.717) is 13.1 Å². The number of rotatable bonds is 7. The molecule has 1 N–H and O–H groups in total. The molecule has 2 aromatic carbocycles. The third-order valence-electron chi connectivity index (χ3n) is 5.49. The quantitative estimate of drug-likeness (QED) is 0.602. The van der Waals surface area contributed by atoms with Crippen molar-refractivity contribution in [3.05, 3.63) is 65.7 Å². The van der Waals surface area contributed by atoms with Gasteiger partial charge >= 0.3 is 5.97 Å². The molecule has 1 unspecified atom stereocenters. The van der Waals surface area contributed by atoms with Crippen LogP contribution in [0, 0.1) is 0 Å². The summed E-state index contributed by atoms with van der Waals surface area (Å²) >= 11 is 0. The van der Waals surface area contributed by atoms with Gasteiger partial charge in [0.1, 0.15) is 6.04 Å². The molecule has 10 heteroatoms. The molecule has 0 spiro atoms. The highest BCUT2D eigenvalue weighted by molar-refractivity contribution is 7.89. The Balaban J connectivity index is 1.75. The number of hydrogen-bond acceptors (Lipinski definition) is 6. The molecule has 1 heterocycles. The number of benzene rings is 2. The van der Waals surface area contributed by atoms with Crippen molar-refractivity contribution in [2.24, 2.45) is 0 Å². The number of esters is 1. The van der Waals surface area contributed by atoms with Crippen molar-refractivity contribution in [1.29, 1.82) is 0 Å². The van der Waals surface area contributed by atoms with E-state index in [4.69, 9.17) is 4.74 Å². The first-order valence-corrected chi connectivity index (χ1v) is 11.9. The van der Waals surface area contributed by atoms with Crippen LogP contribution in [0.4, 0.5) is 0 Å². The predicted molar refractivity (Wildman–Crippen MR) is 121 cm³/mol. The van der Waals surface area contributed by atoms with Gasteiger partial charge in [0, 0.05) is 45.1 Å². The van der Waals surface area contributed by atoms with E-state index in [-0.39, 0.29) is 35.9 Å². The van der Waals surface area contributed by atoms with E-state index in [0.717, 1.165) is 5.56 Å². The molecule has 0 saturated carbocycles. The van der Waals surface area contributed by atoms with Gasteiger partial charge in [-0.1, -0.05) is 36.4 Å². The Hall–Kier alpha value is -3.24. The fourth-order valence-corrected chi connectivity index (χ4v) is 5.09. The zero-order valence-electron chi connectivity index (χ0n) is 18.6. The lowest BCUT2D eigenvalue weighted by Gasteiger charge is -2.33. The number of carbonyl (C=O) groups is 3. The lowest BCUT2D eigenvalue weighted by molar-refractivity contribution is -0.142. The lowest BCUT2D eigenvalue weighted by atomic mass is 10.1. The highest BCUT2D eigenvalue weighted by Gasteiger charge is 2.30. The van der Waals surface area contributed by atoms with Crippen molar-refractivity contribution < 1.29 is 27.5 Å². The van der Waals surface area contributed by atoms with Crippen molar-refractivity contribution in [3.8, 4) is 0 Å². The van der Waals surface area contributed by atoms with E-state index >= 15 is 0 Å². The van der Waals surface area contributed by atoms with Crippen LogP contribution in [0.25, 0.3) is 0 Å². The Morgan fingerprint density at radius 2 is 1.67 bits per heavy atom. The van der Waals surface area contributed by atoms with Gasteiger partial charge in [-0.05, 0) is 23.8 Å². The number of hydrogen-bond donors (Lipinski definition) is 1. The third-order valence-corrected chi connectivity index (χ3v) is 7.39. The van der Waals surface area contributed by atoms with Gasteiger partial charge in [0.15, 0.2) is 0 Å². The summed E-state index contributed by atoms with van der Waals surface area (Å²) in [5.41, 5.74) is 0.953. The minimum atomic E-state index is -3.84. The molecule has 2 amide bonds. The van der Waals surface area contributed by atoms with E-state index in [2.05, 4.69) is 5.32 Å². The van der Waals surface area contributed by atoms with Crippen LogP contribution in [0.1, 0.15) is 22.8 Å². The summed E-state index contributed by atoms with van der Waals surface area (Å²) in [5, 5.41) is 2.64. The summed E-state index contributed by atoms with van der Waals surface area (Å²) in [6.45, 7) is 2.44. The molecule has 1 aliphatic heterocycles. The molecule has 0 aliphatic carbocycles. The summed E-state index contributed by atoms with van der Waals surface area (Å²) in [7, 11) is -2.60. The van der Waals surface area contributed by atoms with Gasteiger partial charge < -0.3 is 15.0 Å². The van der Waals surface area contributed by atoms with Gasteiger partial charge in [0.2, 0.25) is 15.9 Å². The number of piperazine rings is 1. The van der Waals surface area contributed by atoms with Crippen LogP contribution in [0.2, 0.25) is 0 Å². The molecule has 1 saturated heterocycles.